The van der Waals surface area contributed by atoms with Gasteiger partial charge in [0.1, 0.15) is 5.58 Å². The molecule has 1 N–H and O–H groups in total. The Labute approximate surface area is 222 Å². The van der Waals surface area contributed by atoms with Gasteiger partial charge in [-0.1, -0.05) is 11.6 Å². The van der Waals surface area contributed by atoms with Crippen molar-refractivity contribution in [2.45, 2.75) is 12.6 Å². The highest BCUT2D eigenvalue weighted by atomic mass is 35.5. The highest BCUT2D eigenvalue weighted by Crippen LogP contribution is 2.46. The number of ketones is 1. The number of nitrogens with zero attached hydrogens (tertiary/aromatic N) is 2. The minimum absolute atomic E-state index is 0.0418. The zero-order chi connectivity index (χ0) is 27.0. The molecule has 4 aromatic rings. The largest absolute Gasteiger partial charge is 0.503 e. The number of hydrogen-bond acceptors (Lipinski definition) is 8. The Hall–Kier alpha value is -4.50. The van der Waals surface area contributed by atoms with E-state index in [4.69, 9.17) is 30.2 Å². The van der Waals surface area contributed by atoms with Crippen LogP contribution in [0.25, 0.3) is 11.0 Å². The molecule has 3 heterocycles. The second-order valence-corrected chi connectivity index (χ2v) is 8.97. The van der Waals surface area contributed by atoms with Crippen molar-refractivity contribution in [1.82, 2.24) is 9.88 Å². The first-order chi connectivity index (χ1) is 18.4. The number of carbonyl (C=O) groups excluding carboxylic acids is 2. The molecule has 1 aliphatic heterocycles. The van der Waals surface area contributed by atoms with Crippen molar-refractivity contribution in [2.24, 2.45) is 0 Å². The molecule has 1 aliphatic rings. The van der Waals surface area contributed by atoms with Gasteiger partial charge in [0.15, 0.2) is 23.0 Å². The average molecular weight is 535 g/mol. The number of ether oxygens (including phenoxy) is 3. The molecule has 1 unspecified atom stereocenters. The molecule has 1 amide bonds. The molecule has 0 saturated heterocycles. The van der Waals surface area contributed by atoms with Crippen molar-refractivity contribution in [3.8, 4) is 17.2 Å². The summed E-state index contributed by atoms with van der Waals surface area (Å²) >= 11 is 6.09. The Morgan fingerprint density at radius 1 is 1.03 bits per heavy atom. The minimum atomic E-state index is -0.992. The molecule has 10 heteroatoms. The summed E-state index contributed by atoms with van der Waals surface area (Å²) in [5.74, 6) is -1.05. The molecule has 0 spiro atoms. The minimum Gasteiger partial charge on any atom is -0.503 e. The Morgan fingerprint density at radius 3 is 2.34 bits per heavy atom. The van der Waals surface area contributed by atoms with Gasteiger partial charge in [0.25, 0.3) is 5.91 Å². The van der Waals surface area contributed by atoms with Crippen LogP contribution < -0.4 is 14.2 Å². The highest BCUT2D eigenvalue weighted by Gasteiger charge is 2.45. The zero-order valence-electron chi connectivity index (χ0n) is 20.7. The molecule has 0 radical (unpaired) electrons. The summed E-state index contributed by atoms with van der Waals surface area (Å²) in [6.07, 6.45) is 3.20. The second kappa shape index (κ2) is 10.1. The van der Waals surface area contributed by atoms with Gasteiger partial charge in [-0.15, -0.1) is 0 Å². The fourth-order valence-corrected chi connectivity index (χ4v) is 4.78. The van der Waals surface area contributed by atoms with E-state index in [0.29, 0.717) is 38.8 Å². The molecular formula is C28H23ClN2O7. The van der Waals surface area contributed by atoms with E-state index in [1.165, 1.54) is 32.3 Å². The smallest absolute Gasteiger partial charge is 0.290 e. The average Bonchev–Trinajstić information content (AvgIpc) is 3.46. The van der Waals surface area contributed by atoms with Crippen molar-refractivity contribution in [3.05, 3.63) is 94.2 Å². The number of methoxy groups -OCH3 is 3. The van der Waals surface area contributed by atoms with E-state index in [1.807, 2.05) is 0 Å². The molecule has 38 heavy (non-hydrogen) atoms. The highest BCUT2D eigenvalue weighted by molar-refractivity contribution is 6.31. The zero-order valence-corrected chi connectivity index (χ0v) is 21.5. The van der Waals surface area contributed by atoms with E-state index in [-0.39, 0.29) is 17.9 Å². The van der Waals surface area contributed by atoms with Crippen molar-refractivity contribution in [3.63, 3.8) is 0 Å². The third-order valence-corrected chi connectivity index (χ3v) is 6.59. The fourth-order valence-electron chi connectivity index (χ4n) is 4.60. The topological polar surface area (TPSA) is 111 Å². The molecule has 194 valence electrons. The number of furan rings is 1. The van der Waals surface area contributed by atoms with Crippen LogP contribution in [0.2, 0.25) is 5.02 Å². The van der Waals surface area contributed by atoms with Gasteiger partial charge < -0.3 is 28.6 Å². The van der Waals surface area contributed by atoms with Crippen LogP contribution >= 0.6 is 11.6 Å². The van der Waals surface area contributed by atoms with Gasteiger partial charge in [0.05, 0.1) is 32.9 Å². The van der Waals surface area contributed by atoms with Crippen LogP contribution in [0.4, 0.5) is 0 Å². The number of aliphatic hydroxyl groups is 1. The van der Waals surface area contributed by atoms with Crippen LogP contribution in [0.3, 0.4) is 0 Å². The molecule has 1 atom stereocenters. The number of hydrogen-bond donors (Lipinski definition) is 1. The van der Waals surface area contributed by atoms with Gasteiger partial charge in [-0.05, 0) is 59.7 Å². The summed E-state index contributed by atoms with van der Waals surface area (Å²) in [6.45, 7) is 0.0965. The lowest BCUT2D eigenvalue weighted by atomic mass is 9.94. The van der Waals surface area contributed by atoms with E-state index in [2.05, 4.69) is 4.98 Å². The lowest BCUT2D eigenvalue weighted by molar-refractivity contribution is -0.130. The number of rotatable bonds is 8. The Morgan fingerprint density at radius 2 is 1.71 bits per heavy atom. The van der Waals surface area contributed by atoms with Crippen LogP contribution in [0.5, 0.6) is 17.2 Å². The van der Waals surface area contributed by atoms with Crippen molar-refractivity contribution >= 4 is 34.3 Å². The van der Waals surface area contributed by atoms with Gasteiger partial charge >= 0.3 is 0 Å². The van der Waals surface area contributed by atoms with Crippen LogP contribution in [0.1, 0.15) is 27.7 Å². The third-order valence-electron chi connectivity index (χ3n) is 6.36. The van der Waals surface area contributed by atoms with E-state index in [1.54, 1.807) is 54.9 Å². The number of pyridine rings is 1. The van der Waals surface area contributed by atoms with Gasteiger partial charge in [-0.3, -0.25) is 14.6 Å². The van der Waals surface area contributed by atoms with E-state index >= 15 is 0 Å². The third kappa shape index (κ3) is 4.31. The summed E-state index contributed by atoms with van der Waals surface area (Å²) in [5, 5.41) is 12.1. The predicted octanol–water partition coefficient (Wildman–Crippen LogP) is 5.29. The van der Waals surface area contributed by atoms with Gasteiger partial charge in [-0.2, -0.15) is 0 Å². The van der Waals surface area contributed by atoms with Crippen molar-refractivity contribution in [1.29, 1.82) is 0 Å². The van der Waals surface area contributed by atoms with Crippen molar-refractivity contribution < 1.29 is 33.3 Å². The van der Waals surface area contributed by atoms with Gasteiger partial charge in [0, 0.05) is 29.3 Å². The summed E-state index contributed by atoms with van der Waals surface area (Å²) in [4.78, 5) is 32.7. The number of halogens is 1. The van der Waals surface area contributed by atoms with Crippen LogP contribution in [-0.4, -0.2) is 48.0 Å². The summed E-state index contributed by atoms with van der Waals surface area (Å²) in [5.41, 5.74) is 1.53. The molecule has 0 fully saturated rings. The molecule has 9 nitrogen and oxygen atoms in total. The quantitative estimate of drug-likeness (QED) is 0.304. The summed E-state index contributed by atoms with van der Waals surface area (Å²) in [7, 11) is 4.41. The Kier molecular flexibility index (Phi) is 6.69. The Bertz CT molecular complexity index is 1550. The molecule has 2 aromatic carbocycles. The number of aliphatic hydroxyl groups excluding tert-OH is 1. The fraction of sp³-hybridized carbons (Fsp3) is 0.179. The van der Waals surface area contributed by atoms with Crippen LogP contribution in [-0.2, 0) is 11.3 Å². The number of Topliss-reactive ketones (excluding diaryl/α,β-unsaturated/α-hetero) is 1. The van der Waals surface area contributed by atoms with Crippen LogP contribution in [0.15, 0.2) is 76.7 Å². The Balaban J connectivity index is 1.67. The van der Waals surface area contributed by atoms with Gasteiger partial charge in [-0.25, -0.2) is 0 Å². The maximum absolute atomic E-state index is 13.9. The molecular weight excluding hydrogens is 512 g/mol. The molecule has 5 rings (SSSR count). The SMILES string of the molecule is COc1cc(C2C(C(=O)c3cc4cc(Cl)ccc4o3)=C(O)C(=O)N2Cc2ccncc2)cc(OC)c1OC. The first-order valence-electron chi connectivity index (χ1n) is 11.5. The lowest BCUT2D eigenvalue weighted by Crippen LogP contribution is -2.30. The van der Waals surface area contributed by atoms with Crippen LogP contribution in [0, 0.1) is 0 Å². The predicted molar refractivity (Wildman–Crippen MR) is 139 cm³/mol. The first kappa shape index (κ1) is 25.2. The first-order valence-corrected chi connectivity index (χ1v) is 11.9. The van der Waals surface area contributed by atoms with Gasteiger partial charge in [0.2, 0.25) is 11.5 Å². The number of benzene rings is 2. The maximum atomic E-state index is 13.9. The molecule has 0 saturated carbocycles. The number of amides is 1. The number of carbonyl (C=O) groups is 2. The molecule has 0 aliphatic carbocycles. The van der Waals surface area contributed by atoms with Crippen molar-refractivity contribution in [2.75, 3.05) is 21.3 Å². The maximum Gasteiger partial charge on any atom is 0.290 e. The molecule has 2 aromatic heterocycles. The normalized spacial score (nSPS) is 15.3. The molecule has 0 bridgehead atoms. The lowest BCUT2D eigenvalue weighted by Gasteiger charge is -2.27. The number of aromatic nitrogens is 1. The summed E-state index contributed by atoms with van der Waals surface area (Å²) in [6, 6.07) is 12.3. The standard InChI is InChI=1S/C28H23ClN2O7/c1-35-21-12-17(13-22(36-2)27(21)37-3)24-23(25(32)20-11-16-10-18(29)4-5-19(16)38-20)26(33)28(34)31(24)14-15-6-8-30-9-7-15/h4-13,24,33H,14H2,1-3H3. The summed E-state index contributed by atoms with van der Waals surface area (Å²) < 4.78 is 22.2. The van der Waals surface area contributed by atoms with E-state index < -0.39 is 23.5 Å². The monoisotopic (exact) mass is 534 g/mol. The van der Waals surface area contributed by atoms with E-state index in [9.17, 15) is 14.7 Å². The second-order valence-electron chi connectivity index (χ2n) is 8.53. The number of fused-ring (bicyclic) bond motifs is 1. The van der Waals surface area contributed by atoms with E-state index in [0.717, 1.165) is 5.56 Å².